The Balaban J connectivity index is 2.28. The first kappa shape index (κ1) is 14.9. The van der Waals surface area contributed by atoms with Gasteiger partial charge in [-0.15, -0.1) is 0 Å². The van der Waals surface area contributed by atoms with Gasteiger partial charge in [0.2, 0.25) is 0 Å². The number of phenolic OH excluding ortho intramolecular Hbond substituents is 1. The Morgan fingerprint density at radius 3 is 2.29 bits per heavy atom. The van der Waals surface area contributed by atoms with Crippen LogP contribution in [-0.2, 0) is 0 Å². The van der Waals surface area contributed by atoms with Crippen molar-refractivity contribution in [2.75, 3.05) is 18.4 Å². The Labute approximate surface area is 125 Å². The third kappa shape index (κ3) is 3.54. The molecule has 0 saturated carbocycles. The molecule has 0 atom stereocenters. The van der Waals surface area contributed by atoms with E-state index in [0.29, 0.717) is 18.7 Å². The number of carbonyl (C=O) groups is 1. The second-order valence-corrected chi connectivity index (χ2v) is 4.69. The normalized spacial score (nSPS) is 10.2. The van der Waals surface area contributed by atoms with Gasteiger partial charge in [0.15, 0.2) is 0 Å². The van der Waals surface area contributed by atoms with E-state index in [-0.39, 0.29) is 11.7 Å². The molecule has 2 aromatic carbocycles. The summed E-state index contributed by atoms with van der Waals surface area (Å²) >= 11 is 0. The van der Waals surface area contributed by atoms with E-state index < -0.39 is 0 Å². The molecule has 2 rings (SSSR count). The highest BCUT2D eigenvalue weighted by atomic mass is 16.3. The molecule has 2 N–H and O–H groups in total. The van der Waals surface area contributed by atoms with Crippen LogP contribution in [0, 0.1) is 0 Å². The lowest BCUT2D eigenvalue weighted by Crippen LogP contribution is -2.30. The average molecular weight is 284 g/mol. The van der Waals surface area contributed by atoms with Crippen LogP contribution < -0.4 is 5.32 Å². The molecule has 21 heavy (non-hydrogen) atoms. The fraction of sp³-hybridized carbons (Fsp3) is 0.235. The van der Waals surface area contributed by atoms with Gasteiger partial charge in [-0.2, -0.15) is 0 Å². The van der Waals surface area contributed by atoms with Crippen LogP contribution in [-0.4, -0.2) is 29.0 Å². The van der Waals surface area contributed by atoms with Gasteiger partial charge in [-0.1, -0.05) is 12.1 Å². The molecule has 0 aliphatic rings. The summed E-state index contributed by atoms with van der Waals surface area (Å²) < 4.78 is 0. The summed E-state index contributed by atoms with van der Waals surface area (Å²) in [5, 5.41) is 12.5. The predicted molar refractivity (Wildman–Crippen MR) is 85.1 cm³/mol. The number of benzene rings is 2. The summed E-state index contributed by atoms with van der Waals surface area (Å²) in [7, 11) is 0. The number of hydrogen-bond donors (Lipinski definition) is 2. The Bertz CT molecular complexity index is 604. The largest absolute Gasteiger partial charge is 0.508 e. The SMILES string of the molecule is CCN(CC)C(=O)c1ccccc1Nc1ccc(O)cc1. The highest BCUT2D eigenvalue weighted by Crippen LogP contribution is 2.23. The average Bonchev–Trinajstić information content (AvgIpc) is 2.51. The van der Waals surface area contributed by atoms with Crippen molar-refractivity contribution in [1.29, 1.82) is 0 Å². The summed E-state index contributed by atoms with van der Waals surface area (Å²) in [5.74, 6) is 0.231. The van der Waals surface area contributed by atoms with E-state index in [0.717, 1.165) is 11.4 Å². The molecule has 0 saturated heterocycles. The topological polar surface area (TPSA) is 52.6 Å². The van der Waals surface area contributed by atoms with Crippen LogP contribution in [0.3, 0.4) is 0 Å². The number of nitrogens with zero attached hydrogens (tertiary/aromatic N) is 1. The van der Waals surface area contributed by atoms with Crippen molar-refractivity contribution in [2.45, 2.75) is 13.8 Å². The molecule has 0 heterocycles. The number of aromatic hydroxyl groups is 1. The number of hydrogen-bond acceptors (Lipinski definition) is 3. The monoisotopic (exact) mass is 284 g/mol. The highest BCUT2D eigenvalue weighted by molar-refractivity contribution is 6.00. The Morgan fingerprint density at radius 2 is 1.67 bits per heavy atom. The van der Waals surface area contributed by atoms with Crippen molar-refractivity contribution in [3.8, 4) is 5.75 Å². The molecule has 0 bridgehead atoms. The minimum absolute atomic E-state index is 0.0156. The lowest BCUT2D eigenvalue weighted by atomic mass is 10.1. The van der Waals surface area contributed by atoms with Gasteiger partial charge in [0.05, 0.1) is 11.3 Å². The van der Waals surface area contributed by atoms with Crippen molar-refractivity contribution in [3.63, 3.8) is 0 Å². The lowest BCUT2D eigenvalue weighted by molar-refractivity contribution is 0.0774. The van der Waals surface area contributed by atoms with Crippen LogP contribution in [0.5, 0.6) is 5.75 Å². The van der Waals surface area contributed by atoms with Crippen molar-refractivity contribution in [3.05, 3.63) is 54.1 Å². The minimum atomic E-state index is 0.0156. The van der Waals surface area contributed by atoms with Gasteiger partial charge >= 0.3 is 0 Å². The molecule has 0 unspecified atom stereocenters. The molecule has 0 aliphatic heterocycles. The number of anilines is 2. The molecule has 4 nitrogen and oxygen atoms in total. The molecule has 0 spiro atoms. The number of phenols is 1. The quantitative estimate of drug-likeness (QED) is 0.825. The van der Waals surface area contributed by atoms with Gasteiger partial charge in [0, 0.05) is 18.8 Å². The fourth-order valence-electron chi connectivity index (χ4n) is 2.16. The van der Waals surface area contributed by atoms with E-state index >= 15 is 0 Å². The van der Waals surface area contributed by atoms with Crippen LogP contribution >= 0.6 is 0 Å². The summed E-state index contributed by atoms with van der Waals surface area (Å²) in [4.78, 5) is 14.3. The molecule has 0 fully saturated rings. The van der Waals surface area contributed by atoms with E-state index in [9.17, 15) is 9.90 Å². The molecular formula is C17H20N2O2. The molecule has 0 radical (unpaired) electrons. The van der Waals surface area contributed by atoms with Crippen LogP contribution in [0.1, 0.15) is 24.2 Å². The van der Waals surface area contributed by atoms with Crippen molar-refractivity contribution in [2.24, 2.45) is 0 Å². The van der Waals surface area contributed by atoms with Crippen LogP contribution in [0.15, 0.2) is 48.5 Å². The van der Waals surface area contributed by atoms with Crippen LogP contribution in [0.2, 0.25) is 0 Å². The number of carbonyl (C=O) groups excluding carboxylic acids is 1. The first-order valence-electron chi connectivity index (χ1n) is 7.10. The number of nitrogens with one attached hydrogen (secondary N) is 1. The minimum Gasteiger partial charge on any atom is -0.508 e. The molecule has 110 valence electrons. The zero-order valence-corrected chi connectivity index (χ0v) is 12.3. The van der Waals surface area contributed by atoms with E-state index in [4.69, 9.17) is 0 Å². The van der Waals surface area contributed by atoms with E-state index in [2.05, 4.69) is 5.32 Å². The maximum absolute atomic E-state index is 12.5. The maximum atomic E-state index is 12.5. The van der Waals surface area contributed by atoms with Crippen molar-refractivity contribution in [1.82, 2.24) is 4.90 Å². The van der Waals surface area contributed by atoms with E-state index in [1.54, 1.807) is 29.2 Å². The summed E-state index contributed by atoms with van der Waals surface area (Å²) in [6.45, 7) is 5.31. The van der Waals surface area contributed by atoms with E-state index in [1.807, 2.05) is 38.1 Å². The van der Waals surface area contributed by atoms with Crippen LogP contribution in [0.25, 0.3) is 0 Å². The summed E-state index contributed by atoms with van der Waals surface area (Å²) in [5.41, 5.74) is 2.24. The van der Waals surface area contributed by atoms with Gasteiger partial charge < -0.3 is 15.3 Å². The van der Waals surface area contributed by atoms with Gasteiger partial charge in [-0.05, 0) is 50.2 Å². The van der Waals surface area contributed by atoms with Crippen molar-refractivity contribution < 1.29 is 9.90 Å². The summed E-state index contributed by atoms with van der Waals surface area (Å²) in [6, 6.07) is 14.2. The third-order valence-corrected chi connectivity index (χ3v) is 3.35. The second-order valence-electron chi connectivity index (χ2n) is 4.69. The molecule has 0 aliphatic carbocycles. The standard InChI is InChI=1S/C17H20N2O2/c1-3-19(4-2)17(21)15-7-5-6-8-16(15)18-13-9-11-14(20)12-10-13/h5-12,18,20H,3-4H2,1-2H3. The molecule has 4 heteroatoms. The van der Waals surface area contributed by atoms with E-state index in [1.165, 1.54) is 0 Å². The maximum Gasteiger partial charge on any atom is 0.255 e. The van der Waals surface area contributed by atoms with Gasteiger partial charge in [-0.3, -0.25) is 4.79 Å². The van der Waals surface area contributed by atoms with Gasteiger partial charge in [-0.25, -0.2) is 0 Å². The smallest absolute Gasteiger partial charge is 0.255 e. The first-order chi connectivity index (χ1) is 10.2. The summed E-state index contributed by atoms with van der Waals surface area (Å²) in [6.07, 6.45) is 0. The Morgan fingerprint density at radius 1 is 1.05 bits per heavy atom. The first-order valence-corrected chi connectivity index (χ1v) is 7.10. The third-order valence-electron chi connectivity index (χ3n) is 3.35. The number of para-hydroxylation sites is 1. The number of amides is 1. The van der Waals surface area contributed by atoms with Gasteiger partial charge in [0.25, 0.3) is 5.91 Å². The zero-order chi connectivity index (χ0) is 15.2. The molecule has 1 amide bonds. The van der Waals surface area contributed by atoms with Crippen molar-refractivity contribution >= 4 is 17.3 Å². The predicted octanol–water partition coefficient (Wildman–Crippen LogP) is 3.62. The Hall–Kier alpha value is -2.49. The fourth-order valence-corrected chi connectivity index (χ4v) is 2.16. The molecule has 0 aromatic heterocycles. The lowest BCUT2D eigenvalue weighted by Gasteiger charge is -2.20. The zero-order valence-electron chi connectivity index (χ0n) is 12.3. The Kier molecular flexibility index (Phi) is 4.82. The number of rotatable bonds is 5. The highest BCUT2D eigenvalue weighted by Gasteiger charge is 2.16. The molecular weight excluding hydrogens is 264 g/mol. The van der Waals surface area contributed by atoms with Gasteiger partial charge in [0.1, 0.15) is 5.75 Å². The molecule has 2 aromatic rings. The second kappa shape index (κ2) is 6.79. The van der Waals surface area contributed by atoms with Crippen LogP contribution in [0.4, 0.5) is 11.4 Å².